The van der Waals surface area contributed by atoms with E-state index in [2.05, 4.69) is 40.3 Å². The van der Waals surface area contributed by atoms with E-state index in [0.29, 0.717) is 0 Å². The van der Waals surface area contributed by atoms with Gasteiger partial charge in [0.1, 0.15) is 0 Å². The van der Waals surface area contributed by atoms with Gasteiger partial charge in [0.25, 0.3) is 0 Å². The summed E-state index contributed by atoms with van der Waals surface area (Å²) in [7, 11) is 0. The highest BCUT2D eigenvalue weighted by Gasteiger charge is 2.09. The topological polar surface area (TPSA) is 16.4 Å². The van der Waals surface area contributed by atoms with Gasteiger partial charge >= 0.3 is 0 Å². The SMILES string of the molecule is c1cc2c3c(ccn3c1)CCNC2. The molecule has 13 heavy (non-hydrogen) atoms. The molecule has 0 unspecified atom stereocenters. The van der Waals surface area contributed by atoms with E-state index in [4.69, 9.17) is 0 Å². The van der Waals surface area contributed by atoms with Crippen LogP contribution in [0, 0.1) is 0 Å². The van der Waals surface area contributed by atoms with Gasteiger partial charge in [-0.15, -0.1) is 0 Å². The predicted octanol–water partition coefficient (Wildman–Crippen LogP) is 1.58. The second-order valence-electron chi connectivity index (χ2n) is 3.56. The fourth-order valence-corrected chi connectivity index (χ4v) is 2.11. The van der Waals surface area contributed by atoms with Gasteiger partial charge in [-0.2, -0.15) is 0 Å². The highest BCUT2D eigenvalue weighted by molar-refractivity contribution is 5.62. The van der Waals surface area contributed by atoms with Crippen LogP contribution >= 0.6 is 0 Å². The Balaban J connectivity index is 2.40. The molecule has 2 heteroatoms. The van der Waals surface area contributed by atoms with Crippen LogP contribution in [0.5, 0.6) is 0 Å². The highest BCUT2D eigenvalue weighted by Crippen LogP contribution is 2.19. The maximum absolute atomic E-state index is 3.43. The van der Waals surface area contributed by atoms with E-state index in [1.807, 2.05) is 0 Å². The molecule has 1 N–H and O–H groups in total. The highest BCUT2D eigenvalue weighted by atomic mass is 14.9. The number of pyridine rings is 1. The summed E-state index contributed by atoms with van der Waals surface area (Å²) >= 11 is 0. The number of nitrogens with zero attached hydrogens (tertiary/aromatic N) is 1. The van der Waals surface area contributed by atoms with Crippen LogP contribution in [0.4, 0.5) is 0 Å². The van der Waals surface area contributed by atoms with Crippen molar-refractivity contribution in [2.24, 2.45) is 0 Å². The third-order valence-electron chi connectivity index (χ3n) is 2.73. The van der Waals surface area contributed by atoms with Crippen LogP contribution in [0.15, 0.2) is 30.6 Å². The molecule has 2 aromatic heterocycles. The Bertz CT molecular complexity index is 442. The van der Waals surface area contributed by atoms with Crippen LogP contribution in [0.2, 0.25) is 0 Å². The lowest BCUT2D eigenvalue weighted by Gasteiger charge is -2.02. The van der Waals surface area contributed by atoms with Crippen molar-refractivity contribution in [1.29, 1.82) is 0 Å². The molecule has 3 rings (SSSR count). The van der Waals surface area contributed by atoms with Crippen LogP contribution in [-0.2, 0) is 13.0 Å². The van der Waals surface area contributed by atoms with Crippen molar-refractivity contribution in [2.45, 2.75) is 13.0 Å². The van der Waals surface area contributed by atoms with Crippen LogP contribution < -0.4 is 5.32 Å². The Morgan fingerprint density at radius 3 is 3.15 bits per heavy atom. The van der Waals surface area contributed by atoms with Crippen LogP contribution in [0.25, 0.3) is 5.52 Å². The van der Waals surface area contributed by atoms with Crippen molar-refractivity contribution in [2.75, 3.05) is 6.54 Å². The zero-order valence-electron chi connectivity index (χ0n) is 7.46. The average molecular weight is 172 g/mol. The third-order valence-corrected chi connectivity index (χ3v) is 2.73. The van der Waals surface area contributed by atoms with Gasteiger partial charge in [0.15, 0.2) is 0 Å². The lowest BCUT2D eigenvalue weighted by molar-refractivity contribution is 0.702. The summed E-state index contributed by atoms with van der Waals surface area (Å²) in [6.07, 6.45) is 5.42. The summed E-state index contributed by atoms with van der Waals surface area (Å²) in [4.78, 5) is 0. The Kier molecular flexibility index (Phi) is 1.43. The number of hydrogen-bond acceptors (Lipinski definition) is 1. The number of nitrogens with one attached hydrogen (secondary N) is 1. The standard InChI is InChI=1S/C11H12N2/c1-2-10-8-12-5-3-9-4-7-13(6-1)11(9)10/h1-2,4,6-7,12H,3,5,8H2. The molecular formula is C11H12N2. The first-order valence-electron chi connectivity index (χ1n) is 4.73. The number of hydrogen-bond donors (Lipinski definition) is 1. The molecule has 0 amide bonds. The fraction of sp³-hybridized carbons (Fsp3) is 0.273. The summed E-state index contributed by atoms with van der Waals surface area (Å²) < 4.78 is 2.22. The Morgan fingerprint density at radius 1 is 1.15 bits per heavy atom. The first-order chi connectivity index (χ1) is 6.45. The summed E-state index contributed by atoms with van der Waals surface area (Å²) in [6.45, 7) is 2.09. The molecule has 3 heterocycles. The summed E-state index contributed by atoms with van der Waals surface area (Å²) in [5.74, 6) is 0. The lowest BCUT2D eigenvalue weighted by Crippen LogP contribution is -2.13. The van der Waals surface area contributed by atoms with Crippen molar-refractivity contribution >= 4 is 5.52 Å². The van der Waals surface area contributed by atoms with Gasteiger partial charge in [-0.25, -0.2) is 0 Å². The van der Waals surface area contributed by atoms with Gasteiger partial charge < -0.3 is 9.72 Å². The van der Waals surface area contributed by atoms with Crippen molar-refractivity contribution in [1.82, 2.24) is 9.72 Å². The normalized spacial score (nSPS) is 16.0. The zero-order valence-corrected chi connectivity index (χ0v) is 7.46. The molecule has 1 aliphatic heterocycles. The zero-order chi connectivity index (χ0) is 8.67. The molecular weight excluding hydrogens is 160 g/mol. The molecule has 1 aliphatic rings. The Labute approximate surface area is 77.2 Å². The van der Waals surface area contributed by atoms with Crippen molar-refractivity contribution in [3.63, 3.8) is 0 Å². The van der Waals surface area contributed by atoms with E-state index in [-0.39, 0.29) is 0 Å². The first kappa shape index (κ1) is 7.15. The van der Waals surface area contributed by atoms with Gasteiger partial charge in [0.2, 0.25) is 0 Å². The smallest absolute Gasteiger partial charge is 0.0527 e. The van der Waals surface area contributed by atoms with Gasteiger partial charge in [-0.05, 0) is 36.2 Å². The Morgan fingerprint density at radius 2 is 2.15 bits per heavy atom. The first-order valence-corrected chi connectivity index (χ1v) is 4.73. The maximum atomic E-state index is 3.43. The van der Waals surface area contributed by atoms with Crippen molar-refractivity contribution in [3.05, 3.63) is 41.7 Å². The molecule has 0 radical (unpaired) electrons. The summed E-state index contributed by atoms with van der Waals surface area (Å²) in [5.41, 5.74) is 4.30. The van der Waals surface area contributed by atoms with Crippen LogP contribution in [0.3, 0.4) is 0 Å². The molecule has 0 aliphatic carbocycles. The predicted molar refractivity (Wildman–Crippen MR) is 52.8 cm³/mol. The minimum absolute atomic E-state index is 1.00. The molecule has 0 saturated heterocycles. The Hall–Kier alpha value is -1.28. The molecule has 2 nitrogen and oxygen atoms in total. The monoisotopic (exact) mass is 172 g/mol. The van der Waals surface area contributed by atoms with E-state index in [1.165, 1.54) is 16.6 Å². The molecule has 0 aromatic carbocycles. The van der Waals surface area contributed by atoms with Crippen LogP contribution in [0.1, 0.15) is 11.1 Å². The van der Waals surface area contributed by atoms with Gasteiger partial charge in [-0.3, -0.25) is 0 Å². The van der Waals surface area contributed by atoms with Gasteiger partial charge in [-0.1, -0.05) is 6.07 Å². The van der Waals surface area contributed by atoms with Gasteiger partial charge in [0.05, 0.1) is 5.52 Å². The molecule has 0 atom stereocenters. The molecule has 66 valence electrons. The molecule has 2 aromatic rings. The minimum Gasteiger partial charge on any atom is -0.323 e. The molecule has 0 spiro atoms. The maximum Gasteiger partial charge on any atom is 0.0527 e. The average Bonchev–Trinajstić information content (AvgIpc) is 2.44. The quantitative estimate of drug-likeness (QED) is 0.638. The molecule has 0 bridgehead atoms. The van der Waals surface area contributed by atoms with Crippen molar-refractivity contribution < 1.29 is 0 Å². The third kappa shape index (κ3) is 0.988. The minimum atomic E-state index is 1.00. The lowest BCUT2D eigenvalue weighted by atomic mass is 10.1. The number of rotatable bonds is 0. The molecule has 0 fully saturated rings. The molecule has 0 saturated carbocycles. The largest absolute Gasteiger partial charge is 0.323 e. The summed E-state index contributed by atoms with van der Waals surface area (Å²) in [5, 5.41) is 3.43. The van der Waals surface area contributed by atoms with E-state index in [0.717, 1.165) is 19.5 Å². The van der Waals surface area contributed by atoms with E-state index >= 15 is 0 Å². The van der Waals surface area contributed by atoms with Crippen molar-refractivity contribution in [3.8, 4) is 0 Å². The fourth-order valence-electron chi connectivity index (χ4n) is 2.11. The van der Waals surface area contributed by atoms with Crippen LogP contribution in [-0.4, -0.2) is 10.9 Å². The summed E-state index contributed by atoms with van der Waals surface area (Å²) in [6, 6.07) is 6.54. The van der Waals surface area contributed by atoms with E-state index < -0.39 is 0 Å². The van der Waals surface area contributed by atoms with E-state index in [9.17, 15) is 0 Å². The number of aromatic nitrogens is 1. The van der Waals surface area contributed by atoms with Gasteiger partial charge in [0, 0.05) is 18.9 Å². The van der Waals surface area contributed by atoms with E-state index in [1.54, 1.807) is 0 Å². The second-order valence-corrected chi connectivity index (χ2v) is 3.56. The second kappa shape index (κ2) is 2.60.